The zero-order valence-corrected chi connectivity index (χ0v) is 11.5. The fraction of sp³-hybridized carbons (Fsp3) is 1.00. The minimum Gasteiger partial charge on any atom is -0.370 e. The number of halogens is 3. The van der Waals surface area contributed by atoms with Gasteiger partial charge in [0.05, 0.1) is 6.61 Å². The molecule has 0 aromatic heterocycles. The summed E-state index contributed by atoms with van der Waals surface area (Å²) in [5.74, 6) is 2.39. The van der Waals surface area contributed by atoms with Gasteiger partial charge in [-0.15, -0.1) is 0 Å². The number of ether oxygens (including phenoxy) is 1. The summed E-state index contributed by atoms with van der Waals surface area (Å²) in [6, 6.07) is 0.0664. The third-order valence-electron chi connectivity index (χ3n) is 4.55. The number of hydrogen-bond acceptors (Lipinski definition) is 2. The van der Waals surface area contributed by atoms with Gasteiger partial charge in [-0.25, -0.2) is 0 Å². The van der Waals surface area contributed by atoms with E-state index in [1.54, 1.807) is 0 Å². The van der Waals surface area contributed by atoms with Gasteiger partial charge in [0.1, 0.15) is 6.61 Å². The SMILES string of the molecule is CCNC(COCC(F)(F)F)CC1CC2CCC1C2. The molecular formula is C14H24F3NO. The molecule has 0 saturated heterocycles. The zero-order valence-electron chi connectivity index (χ0n) is 11.5. The van der Waals surface area contributed by atoms with Crippen LogP contribution in [0.4, 0.5) is 13.2 Å². The van der Waals surface area contributed by atoms with E-state index in [0.29, 0.717) is 5.92 Å². The largest absolute Gasteiger partial charge is 0.411 e. The number of fused-ring (bicyclic) bond motifs is 2. The van der Waals surface area contributed by atoms with Crippen molar-refractivity contribution in [3.8, 4) is 0 Å². The standard InChI is InChI=1S/C14H24F3NO/c1-2-18-13(8-19-9-14(15,16)17)7-12-6-10-3-4-11(12)5-10/h10-13,18H,2-9H2,1H3. The average molecular weight is 279 g/mol. The van der Waals surface area contributed by atoms with Crippen molar-refractivity contribution in [1.29, 1.82) is 0 Å². The van der Waals surface area contributed by atoms with Crippen LogP contribution in [0.25, 0.3) is 0 Å². The van der Waals surface area contributed by atoms with Gasteiger partial charge in [0.25, 0.3) is 0 Å². The molecule has 2 saturated carbocycles. The molecular weight excluding hydrogens is 255 g/mol. The molecule has 0 aliphatic heterocycles. The summed E-state index contributed by atoms with van der Waals surface area (Å²) < 4.78 is 41.0. The van der Waals surface area contributed by atoms with Gasteiger partial charge in [0.2, 0.25) is 0 Å². The van der Waals surface area contributed by atoms with Gasteiger partial charge in [-0.1, -0.05) is 13.3 Å². The lowest BCUT2D eigenvalue weighted by atomic mass is 9.84. The molecule has 2 aliphatic rings. The first-order chi connectivity index (χ1) is 8.98. The fourth-order valence-electron chi connectivity index (χ4n) is 3.85. The third-order valence-corrected chi connectivity index (χ3v) is 4.55. The molecule has 2 fully saturated rings. The lowest BCUT2D eigenvalue weighted by Crippen LogP contribution is -2.37. The predicted octanol–water partition coefficient (Wildman–Crippen LogP) is 3.37. The van der Waals surface area contributed by atoms with Crippen molar-refractivity contribution in [1.82, 2.24) is 5.32 Å². The first-order valence-electron chi connectivity index (χ1n) is 7.35. The molecule has 2 bridgehead atoms. The van der Waals surface area contributed by atoms with Gasteiger partial charge in [0, 0.05) is 6.04 Å². The van der Waals surface area contributed by atoms with Crippen LogP contribution in [0.3, 0.4) is 0 Å². The van der Waals surface area contributed by atoms with E-state index in [1.807, 2.05) is 6.92 Å². The summed E-state index contributed by atoms with van der Waals surface area (Å²) in [6.45, 7) is 1.80. The molecule has 5 heteroatoms. The Morgan fingerprint density at radius 3 is 2.58 bits per heavy atom. The Morgan fingerprint density at radius 1 is 1.26 bits per heavy atom. The highest BCUT2D eigenvalue weighted by molar-refractivity contribution is 4.91. The molecule has 0 heterocycles. The average Bonchev–Trinajstić information content (AvgIpc) is 2.89. The van der Waals surface area contributed by atoms with Crippen LogP contribution in [0, 0.1) is 17.8 Å². The van der Waals surface area contributed by atoms with E-state index in [-0.39, 0.29) is 12.6 Å². The van der Waals surface area contributed by atoms with Crippen LogP contribution in [0.5, 0.6) is 0 Å². The molecule has 4 unspecified atom stereocenters. The van der Waals surface area contributed by atoms with E-state index >= 15 is 0 Å². The summed E-state index contributed by atoms with van der Waals surface area (Å²) in [5, 5.41) is 3.26. The Morgan fingerprint density at radius 2 is 2.05 bits per heavy atom. The molecule has 2 rings (SSSR count). The predicted molar refractivity (Wildman–Crippen MR) is 67.9 cm³/mol. The number of alkyl halides is 3. The Hall–Kier alpha value is -0.290. The number of rotatable bonds is 7. The molecule has 0 radical (unpaired) electrons. The van der Waals surface area contributed by atoms with E-state index in [1.165, 1.54) is 25.7 Å². The molecule has 0 amide bonds. The minimum atomic E-state index is -4.22. The van der Waals surface area contributed by atoms with Crippen LogP contribution >= 0.6 is 0 Å². The van der Waals surface area contributed by atoms with Crippen molar-refractivity contribution in [2.24, 2.45) is 17.8 Å². The Balaban J connectivity index is 1.73. The molecule has 19 heavy (non-hydrogen) atoms. The van der Waals surface area contributed by atoms with E-state index in [9.17, 15) is 13.2 Å². The second-order valence-electron chi connectivity index (χ2n) is 6.06. The molecule has 112 valence electrons. The van der Waals surface area contributed by atoms with Crippen molar-refractivity contribution in [2.75, 3.05) is 19.8 Å². The summed E-state index contributed by atoms with van der Waals surface area (Å²) in [6.07, 6.45) is 2.03. The molecule has 2 nitrogen and oxygen atoms in total. The van der Waals surface area contributed by atoms with Crippen LogP contribution in [-0.4, -0.2) is 32.0 Å². The van der Waals surface area contributed by atoms with Crippen molar-refractivity contribution in [2.45, 2.75) is 51.2 Å². The molecule has 2 aliphatic carbocycles. The maximum atomic E-state index is 12.1. The van der Waals surface area contributed by atoms with E-state index < -0.39 is 12.8 Å². The Bertz CT molecular complexity index is 282. The summed E-state index contributed by atoms with van der Waals surface area (Å²) in [4.78, 5) is 0. The quantitative estimate of drug-likeness (QED) is 0.771. The number of likely N-dealkylation sites (N-methyl/N-ethyl adjacent to an activating group) is 1. The molecule has 0 aromatic rings. The van der Waals surface area contributed by atoms with Gasteiger partial charge in [0.15, 0.2) is 0 Å². The van der Waals surface area contributed by atoms with E-state index in [4.69, 9.17) is 4.74 Å². The van der Waals surface area contributed by atoms with Crippen LogP contribution in [0.2, 0.25) is 0 Å². The molecule has 0 aromatic carbocycles. The molecule has 1 N–H and O–H groups in total. The van der Waals surface area contributed by atoms with Gasteiger partial charge >= 0.3 is 6.18 Å². The van der Waals surface area contributed by atoms with Crippen LogP contribution in [0.1, 0.15) is 39.0 Å². The topological polar surface area (TPSA) is 21.3 Å². The lowest BCUT2D eigenvalue weighted by Gasteiger charge is -2.27. The van der Waals surface area contributed by atoms with Crippen molar-refractivity contribution < 1.29 is 17.9 Å². The highest BCUT2D eigenvalue weighted by Crippen LogP contribution is 2.49. The number of hydrogen-bond donors (Lipinski definition) is 1. The fourth-order valence-corrected chi connectivity index (χ4v) is 3.85. The Kier molecular flexibility index (Phi) is 5.12. The third kappa shape index (κ3) is 4.63. The second-order valence-corrected chi connectivity index (χ2v) is 6.06. The van der Waals surface area contributed by atoms with Crippen molar-refractivity contribution in [3.05, 3.63) is 0 Å². The first kappa shape index (κ1) is 15.1. The maximum Gasteiger partial charge on any atom is 0.411 e. The molecule has 0 spiro atoms. The van der Waals surface area contributed by atoms with Gasteiger partial charge in [-0.05, 0) is 50.0 Å². The smallest absolute Gasteiger partial charge is 0.370 e. The summed E-state index contributed by atoms with van der Waals surface area (Å²) in [7, 11) is 0. The number of nitrogens with one attached hydrogen (secondary N) is 1. The highest BCUT2D eigenvalue weighted by atomic mass is 19.4. The van der Waals surface area contributed by atoms with Crippen LogP contribution < -0.4 is 5.32 Å². The highest BCUT2D eigenvalue weighted by Gasteiger charge is 2.40. The van der Waals surface area contributed by atoms with Gasteiger partial charge in [-0.3, -0.25) is 0 Å². The van der Waals surface area contributed by atoms with Gasteiger partial charge in [-0.2, -0.15) is 13.2 Å². The van der Waals surface area contributed by atoms with Crippen LogP contribution in [0.15, 0.2) is 0 Å². The van der Waals surface area contributed by atoms with Gasteiger partial charge < -0.3 is 10.1 Å². The van der Waals surface area contributed by atoms with Crippen molar-refractivity contribution >= 4 is 0 Å². The van der Waals surface area contributed by atoms with E-state index in [0.717, 1.165) is 24.8 Å². The first-order valence-corrected chi connectivity index (χ1v) is 7.35. The summed E-state index contributed by atoms with van der Waals surface area (Å²) in [5.41, 5.74) is 0. The van der Waals surface area contributed by atoms with Crippen LogP contribution in [-0.2, 0) is 4.74 Å². The minimum absolute atomic E-state index is 0.0664. The zero-order chi connectivity index (χ0) is 13.9. The normalized spacial score (nSPS) is 31.9. The maximum absolute atomic E-state index is 12.1. The Labute approximate surface area is 113 Å². The molecule has 4 atom stereocenters. The second kappa shape index (κ2) is 6.44. The summed E-state index contributed by atoms with van der Waals surface area (Å²) >= 11 is 0. The lowest BCUT2D eigenvalue weighted by molar-refractivity contribution is -0.175. The van der Waals surface area contributed by atoms with Crippen molar-refractivity contribution in [3.63, 3.8) is 0 Å². The van der Waals surface area contributed by atoms with E-state index in [2.05, 4.69) is 5.32 Å². The monoisotopic (exact) mass is 279 g/mol.